The van der Waals surface area contributed by atoms with Gasteiger partial charge in [0.2, 0.25) is 0 Å². The van der Waals surface area contributed by atoms with E-state index in [-0.39, 0.29) is 23.5 Å². The Balaban J connectivity index is 2.71. The van der Waals surface area contributed by atoms with Crippen molar-refractivity contribution >= 4 is 11.7 Å². The molecule has 0 aliphatic heterocycles. The highest BCUT2D eigenvalue weighted by atomic mass is 16.2. The lowest BCUT2D eigenvalue weighted by Crippen LogP contribution is -2.44. The summed E-state index contributed by atoms with van der Waals surface area (Å²) in [4.78, 5) is 13.9. The molecule has 0 aliphatic rings. The van der Waals surface area contributed by atoms with Crippen molar-refractivity contribution in [1.29, 1.82) is 0 Å². The van der Waals surface area contributed by atoms with Crippen molar-refractivity contribution in [3.05, 3.63) is 29.8 Å². The van der Waals surface area contributed by atoms with Crippen LogP contribution in [0.3, 0.4) is 0 Å². The molecule has 0 bridgehead atoms. The van der Waals surface area contributed by atoms with Crippen LogP contribution in [-0.2, 0) is 0 Å². The van der Waals surface area contributed by atoms with E-state index in [1.165, 1.54) is 0 Å². The Hall–Kier alpha value is -1.55. The van der Waals surface area contributed by atoms with Gasteiger partial charge in [-0.3, -0.25) is 0 Å². The molecule has 0 fully saturated rings. The molecule has 4 nitrogen and oxygen atoms in total. The highest BCUT2D eigenvalue weighted by Crippen LogP contribution is 2.23. The SMILES string of the molecule is CC(N)c1ccc(NC(=O)N(C)C(C)C(C)(C)C)cc1. The molecule has 0 radical (unpaired) electrons. The third-order valence-corrected chi connectivity index (χ3v) is 3.84. The Bertz CT molecular complexity index is 446. The molecule has 3 N–H and O–H groups in total. The van der Waals surface area contributed by atoms with Gasteiger partial charge in [0.15, 0.2) is 0 Å². The molecule has 0 aromatic heterocycles. The third-order valence-electron chi connectivity index (χ3n) is 3.84. The van der Waals surface area contributed by atoms with Crippen LogP contribution in [0.4, 0.5) is 10.5 Å². The van der Waals surface area contributed by atoms with Crippen LogP contribution in [0, 0.1) is 5.41 Å². The largest absolute Gasteiger partial charge is 0.324 e. The van der Waals surface area contributed by atoms with Crippen LogP contribution in [0.1, 0.15) is 46.2 Å². The average Bonchev–Trinajstić information content (AvgIpc) is 2.36. The number of nitrogens with zero attached hydrogens (tertiary/aromatic N) is 1. The van der Waals surface area contributed by atoms with Gasteiger partial charge in [0, 0.05) is 24.8 Å². The lowest BCUT2D eigenvalue weighted by molar-refractivity contribution is 0.156. The fourth-order valence-electron chi connectivity index (χ4n) is 1.84. The number of nitrogens with two attached hydrogens (primary N) is 1. The number of hydrogen-bond acceptors (Lipinski definition) is 2. The molecule has 0 spiro atoms. The van der Waals surface area contributed by atoms with E-state index in [2.05, 4.69) is 33.0 Å². The minimum atomic E-state index is -0.0963. The van der Waals surface area contributed by atoms with E-state index < -0.39 is 0 Å². The molecule has 2 atom stereocenters. The molecule has 4 heteroatoms. The number of benzene rings is 1. The van der Waals surface area contributed by atoms with E-state index >= 15 is 0 Å². The number of hydrogen-bond donors (Lipinski definition) is 2. The van der Waals surface area contributed by atoms with Crippen LogP contribution in [0.25, 0.3) is 0 Å². The van der Waals surface area contributed by atoms with Crippen LogP contribution in [-0.4, -0.2) is 24.0 Å². The number of rotatable bonds is 3. The molecule has 2 amide bonds. The maximum absolute atomic E-state index is 12.2. The molecule has 112 valence electrons. The summed E-state index contributed by atoms with van der Waals surface area (Å²) in [6.07, 6.45) is 0. The monoisotopic (exact) mass is 277 g/mol. The van der Waals surface area contributed by atoms with Crippen molar-refractivity contribution in [3.63, 3.8) is 0 Å². The van der Waals surface area contributed by atoms with Crippen molar-refractivity contribution in [1.82, 2.24) is 4.90 Å². The lowest BCUT2D eigenvalue weighted by atomic mass is 9.87. The average molecular weight is 277 g/mol. The Kier molecular flexibility index (Phi) is 5.17. The maximum Gasteiger partial charge on any atom is 0.321 e. The standard InChI is InChI=1S/C16H27N3O/c1-11(17)13-7-9-14(10-8-13)18-15(20)19(6)12(2)16(3,4)5/h7-12H,17H2,1-6H3,(H,18,20). The van der Waals surface area contributed by atoms with E-state index in [1.54, 1.807) is 4.90 Å². The second kappa shape index (κ2) is 6.27. The predicted molar refractivity (Wildman–Crippen MR) is 84.7 cm³/mol. The molecule has 0 aliphatic carbocycles. The smallest absolute Gasteiger partial charge is 0.321 e. The molecule has 20 heavy (non-hydrogen) atoms. The summed E-state index contributed by atoms with van der Waals surface area (Å²) in [7, 11) is 1.82. The Morgan fingerprint density at radius 3 is 2.10 bits per heavy atom. The summed E-state index contributed by atoms with van der Waals surface area (Å²) in [6.45, 7) is 10.4. The van der Waals surface area contributed by atoms with Gasteiger partial charge in [-0.15, -0.1) is 0 Å². The first-order chi connectivity index (χ1) is 9.12. The number of carbonyl (C=O) groups excluding carboxylic acids is 1. The lowest BCUT2D eigenvalue weighted by Gasteiger charge is -2.35. The molecule has 0 saturated carbocycles. The summed E-state index contributed by atoms with van der Waals surface area (Å²) >= 11 is 0. The number of urea groups is 1. The van der Waals surface area contributed by atoms with Gasteiger partial charge in [-0.05, 0) is 37.0 Å². The molecule has 2 unspecified atom stereocenters. The topological polar surface area (TPSA) is 58.4 Å². The molecule has 0 heterocycles. The van der Waals surface area contributed by atoms with Crippen LogP contribution >= 0.6 is 0 Å². The van der Waals surface area contributed by atoms with Gasteiger partial charge in [0.25, 0.3) is 0 Å². The Morgan fingerprint density at radius 2 is 1.70 bits per heavy atom. The highest BCUT2D eigenvalue weighted by molar-refractivity contribution is 5.89. The molecule has 1 rings (SSSR count). The van der Waals surface area contributed by atoms with Gasteiger partial charge in [-0.25, -0.2) is 4.79 Å². The zero-order chi connectivity index (χ0) is 15.5. The summed E-state index contributed by atoms with van der Waals surface area (Å²) in [5.41, 5.74) is 7.69. The van der Waals surface area contributed by atoms with Crippen LogP contribution in [0.5, 0.6) is 0 Å². The maximum atomic E-state index is 12.2. The third kappa shape index (κ3) is 4.23. The zero-order valence-corrected chi connectivity index (χ0v) is 13.4. The van der Waals surface area contributed by atoms with Crippen LogP contribution in [0.15, 0.2) is 24.3 Å². The van der Waals surface area contributed by atoms with E-state index in [4.69, 9.17) is 5.73 Å². The van der Waals surface area contributed by atoms with Crippen molar-refractivity contribution in [2.75, 3.05) is 12.4 Å². The molecular weight excluding hydrogens is 250 g/mol. The summed E-state index contributed by atoms with van der Waals surface area (Å²) in [6, 6.07) is 7.69. The van der Waals surface area contributed by atoms with Crippen molar-refractivity contribution < 1.29 is 4.79 Å². The quantitative estimate of drug-likeness (QED) is 0.886. The van der Waals surface area contributed by atoms with Gasteiger partial charge in [-0.1, -0.05) is 32.9 Å². The highest BCUT2D eigenvalue weighted by Gasteiger charge is 2.26. The first-order valence-electron chi connectivity index (χ1n) is 7.02. The van der Waals surface area contributed by atoms with E-state index in [9.17, 15) is 4.79 Å². The fraction of sp³-hybridized carbons (Fsp3) is 0.562. The molecule has 1 aromatic rings. The van der Waals surface area contributed by atoms with Gasteiger partial charge < -0.3 is 16.0 Å². The van der Waals surface area contributed by atoms with Gasteiger partial charge >= 0.3 is 6.03 Å². The summed E-state index contributed by atoms with van der Waals surface area (Å²) < 4.78 is 0. The first kappa shape index (κ1) is 16.5. The van der Waals surface area contributed by atoms with Gasteiger partial charge in [0.1, 0.15) is 0 Å². The van der Waals surface area contributed by atoms with Crippen molar-refractivity contribution in [2.24, 2.45) is 11.1 Å². The second-order valence-electron chi connectivity index (χ2n) is 6.49. The van der Waals surface area contributed by atoms with Crippen molar-refractivity contribution in [3.8, 4) is 0 Å². The Labute approximate surface area is 122 Å². The molecule has 1 aromatic carbocycles. The van der Waals surface area contributed by atoms with E-state index in [0.29, 0.717) is 0 Å². The fourth-order valence-corrected chi connectivity index (χ4v) is 1.84. The summed E-state index contributed by atoms with van der Waals surface area (Å²) in [5, 5.41) is 2.91. The number of carbonyl (C=O) groups is 1. The minimum absolute atomic E-state index is 0.00309. The number of anilines is 1. The molecular formula is C16H27N3O. The number of amides is 2. The zero-order valence-electron chi connectivity index (χ0n) is 13.4. The van der Waals surface area contributed by atoms with Crippen LogP contribution in [0.2, 0.25) is 0 Å². The van der Waals surface area contributed by atoms with E-state index in [0.717, 1.165) is 11.3 Å². The minimum Gasteiger partial charge on any atom is -0.324 e. The predicted octanol–water partition coefficient (Wildman–Crippen LogP) is 3.60. The molecule has 0 saturated heterocycles. The van der Waals surface area contributed by atoms with Gasteiger partial charge in [-0.2, -0.15) is 0 Å². The van der Waals surface area contributed by atoms with Crippen LogP contribution < -0.4 is 11.1 Å². The second-order valence-corrected chi connectivity index (χ2v) is 6.49. The normalized spacial score (nSPS) is 14.6. The van der Waals surface area contributed by atoms with Crippen molar-refractivity contribution in [2.45, 2.75) is 46.7 Å². The first-order valence-corrected chi connectivity index (χ1v) is 7.02. The Morgan fingerprint density at radius 1 is 1.20 bits per heavy atom. The summed E-state index contributed by atoms with van der Waals surface area (Å²) in [5.74, 6) is 0. The van der Waals surface area contributed by atoms with E-state index in [1.807, 2.05) is 38.2 Å². The van der Waals surface area contributed by atoms with Gasteiger partial charge in [0.05, 0.1) is 0 Å². The number of nitrogens with one attached hydrogen (secondary N) is 1.